The summed E-state index contributed by atoms with van der Waals surface area (Å²) in [4.78, 5) is 9.24. The Balaban J connectivity index is 3.79. The van der Waals surface area contributed by atoms with Gasteiger partial charge >= 0.3 is 0 Å². The van der Waals surface area contributed by atoms with Crippen LogP contribution in [0.1, 0.15) is 11.0 Å². The van der Waals surface area contributed by atoms with E-state index in [9.17, 15) is 9.18 Å². The lowest BCUT2D eigenvalue weighted by molar-refractivity contribution is -0.126. The van der Waals surface area contributed by atoms with Crippen molar-refractivity contribution in [1.82, 2.24) is 0 Å². The smallest absolute Gasteiger partial charge is 0.262 e. The molecule has 0 spiro atoms. The molecule has 0 aliphatic rings. The van der Waals surface area contributed by atoms with Crippen molar-refractivity contribution in [2.45, 2.75) is 6.85 Å². The summed E-state index contributed by atoms with van der Waals surface area (Å²) in [5.41, 5.74) is 0. The highest BCUT2D eigenvalue weighted by Crippen LogP contribution is 1.58. The predicted octanol–water partition coefficient (Wildman–Crippen LogP) is 0.502. The van der Waals surface area contributed by atoms with Crippen molar-refractivity contribution in [3.8, 4) is 0 Å². The maximum atomic E-state index is 11.0. The first-order valence-electron chi connectivity index (χ1n) is 2.14. The van der Waals surface area contributed by atoms with Gasteiger partial charge in [-0.2, -0.15) is 4.39 Å². The van der Waals surface area contributed by atoms with E-state index in [1.165, 1.54) is 0 Å². The summed E-state index contributed by atoms with van der Waals surface area (Å²) in [5.74, 6) is 0. The van der Waals surface area contributed by atoms with Crippen LogP contribution in [0.5, 0.6) is 0 Å². The summed E-state index contributed by atoms with van der Waals surface area (Å²) in [7, 11) is 0. The van der Waals surface area contributed by atoms with Crippen LogP contribution in [0.15, 0.2) is 0 Å². The van der Waals surface area contributed by atoms with Crippen LogP contribution in [-0.2, 0) is 4.79 Å². The lowest BCUT2D eigenvalue weighted by Crippen LogP contribution is -1.65. The zero-order valence-electron chi connectivity index (χ0n) is 4.79. The molecule has 0 aromatic carbocycles. The van der Waals surface area contributed by atoms with Gasteiger partial charge in [0.2, 0.25) is 0 Å². The molecule has 4 heavy (non-hydrogen) atoms. The number of carbonyl (C=O) groups is 1. The van der Waals surface area contributed by atoms with Gasteiger partial charge in [-0.15, -0.1) is 0 Å². The van der Waals surface area contributed by atoms with Crippen molar-refractivity contribution >= 4 is 6.04 Å². The van der Waals surface area contributed by atoms with Gasteiger partial charge in [-0.1, -0.05) is 0 Å². The molecule has 0 aromatic heterocycles. The van der Waals surface area contributed by atoms with Gasteiger partial charge in [-0.3, -0.25) is 4.79 Å². The van der Waals surface area contributed by atoms with E-state index in [1.807, 2.05) is 0 Å². The van der Waals surface area contributed by atoms with Crippen LogP contribution in [0.4, 0.5) is 4.39 Å². The number of hydrogen-bond donors (Lipinski definition) is 0. The van der Waals surface area contributed by atoms with E-state index in [0.717, 1.165) is 0 Å². The maximum absolute atomic E-state index is 11.0. The van der Waals surface area contributed by atoms with Crippen molar-refractivity contribution in [1.29, 1.82) is 0 Å². The molecule has 0 heterocycles. The van der Waals surface area contributed by atoms with Crippen LogP contribution >= 0.6 is 0 Å². The van der Waals surface area contributed by atoms with Gasteiger partial charge in [0.1, 0.15) is 0 Å². The Labute approximate surface area is 27.6 Å². The molecule has 0 bridgehead atoms. The lowest BCUT2D eigenvalue weighted by atomic mass is 10.9. The lowest BCUT2D eigenvalue weighted by Gasteiger charge is -1.50. The molecule has 0 N–H and O–H groups in total. The standard InChI is InChI=1S/C2H3FO/c1-2(3)4/h1H3/i1D3. The van der Waals surface area contributed by atoms with E-state index in [4.69, 9.17) is 4.11 Å². The van der Waals surface area contributed by atoms with Crippen molar-refractivity contribution in [3.63, 3.8) is 0 Å². The molecule has 1 nitrogen and oxygen atoms in total. The second-order valence-corrected chi connectivity index (χ2v) is 0.274. The number of carbonyl (C=O) groups excluding carboxylic acids is 1. The quantitative estimate of drug-likeness (QED) is 0.375. The highest BCUT2D eigenvalue weighted by atomic mass is 19.1. The normalized spacial score (nSPS) is 20.8. The van der Waals surface area contributed by atoms with E-state index in [-0.39, 0.29) is 0 Å². The van der Waals surface area contributed by atoms with Gasteiger partial charge in [0, 0.05) is 11.0 Å². The Hall–Kier alpha value is -0.400. The minimum atomic E-state index is -3.06. The highest BCUT2D eigenvalue weighted by Gasteiger charge is 1.69. The fraction of sp³-hybridized carbons (Fsp3) is 0.500. The van der Waals surface area contributed by atoms with Gasteiger partial charge in [-0.25, -0.2) is 0 Å². The molecule has 0 aliphatic carbocycles. The Morgan fingerprint density at radius 3 is 2.75 bits per heavy atom. The van der Waals surface area contributed by atoms with Crippen molar-refractivity contribution in [2.75, 3.05) is 0 Å². The van der Waals surface area contributed by atoms with Crippen LogP contribution < -0.4 is 0 Å². The summed E-state index contributed by atoms with van der Waals surface area (Å²) >= 11 is 0. The van der Waals surface area contributed by atoms with Gasteiger partial charge in [0.05, 0.1) is 0 Å². The topological polar surface area (TPSA) is 17.1 Å². The summed E-state index contributed by atoms with van der Waals surface area (Å²) < 4.78 is 29.0. The minimum absolute atomic E-state index is 2.26. The third-order valence-electron chi connectivity index (χ3n) is 0. The third kappa shape index (κ3) is 3.60. The SMILES string of the molecule is [2H]C([2H])([2H])C(=O)F. The van der Waals surface area contributed by atoms with Crippen molar-refractivity contribution in [3.05, 3.63) is 0 Å². The first kappa shape index (κ1) is 0.776. The monoisotopic (exact) mass is 65.0 g/mol. The molecule has 0 radical (unpaired) electrons. The molecule has 0 atom stereocenters. The van der Waals surface area contributed by atoms with E-state index >= 15 is 0 Å². The van der Waals surface area contributed by atoms with Crippen molar-refractivity contribution < 1.29 is 13.3 Å². The summed E-state index contributed by atoms with van der Waals surface area (Å²) in [6, 6.07) is -2.26. The molecule has 0 rings (SSSR count). The third-order valence-corrected chi connectivity index (χ3v) is 0. The molecule has 2 heteroatoms. The van der Waals surface area contributed by atoms with E-state index in [2.05, 4.69) is 0 Å². The molecular weight excluding hydrogens is 59.0 g/mol. The van der Waals surface area contributed by atoms with Gasteiger partial charge in [0.25, 0.3) is 6.04 Å². The largest absolute Gasteiger partial charge is 0.298 e. The average Bonchev–Trinajstić information content (AvgIpc) is 1.31. The van der Waals surface area contributed by atoms with Crippen LogP contribution in [0.3, 0.4) is 0 Å². The van der Waals surface area contributed by atoms with Gasteiger partial charge in [0.15, 0.2) is 0 Å². The molecular formula is C2H3FO. The number of hydrogen-bond acceptors (Lipinski definition) is 1. The summed E-state index contributed by atoms with van der Waals surface area (Å²) in [5, 5.41) is 0. The molecule has 0 saturated heterocycles. The molecule has 0 aliphatic heterocycles. The van der Waals surface area contributed by atoms with Gasteiger partial charge in [-0.05, 0) is 0 Å². The van der Waals surface area contributed by atoms with E-state index in [0.29, 0.717) is 0 Å². The summed E-state index contributed by atoms with van der Waals surface area (Å²) in [6.07, 6.45) is 0. The minimum Gasteiger partial charge on any atom is -0.262 e. The molecule has 0 fully saturated rings. The highest BCUT2D eigenvalue weighted by molar-refractivity contribution is 5.64. The summed E-state index contributed by atoms with van der Waals surface area (Å²) in [6.45, 7) is -3.06. The van der Waals surface area contributed by atoms with Crippen LogP contribution in [0.25, 0.3) is 0 Å². The van der Waals surface area contributed by atoms with E-state index < -0.39 is 12.9 Å². The Morgan fingerprint density at radius 1 is 2.50 bits per heavy atom. The number of rotatable bonds is 0. The van der Waals surface area contributed by atoms with E-state index in [1.54, 1.807) is 0 Å². The number of halogens is 1. The van der Waals surface area contributed by atoms with Crippen LogP contribution in [0.2, 0.25) is 0 Å². The molecule has 0 saturated carbocycles. The predicted molar refractivity (Wildman–Crippen MR) is 11.8 cm³/mol. The molecule has 24 valence electrons. The first-order chi connectivity index (χ1) is 2.94. The Morgan fingerprint density at radius 2 is 2.75 bits per heavy atom. The van der Waals surface area contributed by atoms with Gasteiger partial charge < -0.3 is 0 Å². The van der Waals surface area contributed by atoms with Crippen LogP contribution in [0, 0.1) is 0 Å². The zero-order chi connectivity index (χ0) is 6.08. The molecule has 0 unspecified atom stereocenters. The Bertz CT molecular complexity index is 85.4. The average molecular weight is 65.1 g/mol. The molecule has 0 amide bonds. The zero-order valence-corrected chi connectivity index (χ0v) is 1.79. The first-order valence-corrected chi connectivity index (χ1v) is 0.643. The second-order valence-electron chi connectivity index (χ2n) is 0.274. The maximum Gasteiger partial charge on any atom is 0.298 e. The fourth-order valence-corrected chi connectivity index (χ4v) is 0. The Kier molecular flexibility index (Phi) is 0.191. The fourth-order valence-electron chi connectivity index (χ4n) is 0. The molecule has 0 aromatic rings. The van der Waals surface area contributed by atoms with Crippen LogP contribution in [-0.4, -0.2) is 6.04 Å². The van der Waals surface area contributed by atoms with Crippen molar-refractivity contribution in [2.24, 2.45) is 0 Å². The second kappa shape index (κ2) is 0.985.